The zero-order chi connectivity index (χ0) is 15.4. The molecule has 0 bridgehead atoms. The van der Waals surface area contributed by atoms with E-state index in [1.807, 2.05) is 24.3 Å². The fourth-order valence-corrected chi connectivity index (χ4v) is 1.93. The zero-order valence-corrected chi connectivity index (χ0v) is 11.8. The van der Waals surface area contributed by atoms with Gasteiger partial charge in [0, 0.05) is 5.03 Å². The first kappa shape index (κ1) is 14.9. The van der Waals surface area contributed by atoms with Crippen LogP contribution in [0.2, 0.25) is 0 Å². The van der Waals surface area contributed by atoms with E-state index in [-0.39, 0.29) is 22.8 Å². The van der Waals surface area contributed by atoms with Gasteiger partial charge in [0.2, 0.25) is 0 Å². The summed E-state index contributed by atoms with van der Waals surface area (Å²) in [7, 11) is 0. The van der Waals surface area contributed by atoms with Crippen LogP contribution in [-0.2, 0) is 0 Å². The molecular formula is C15H13ClN2O3. The van der Waals surface area contributed by atoms with Gasteiger partial charge in [0.25, 0.3) is 0 Å². The topological polar surface area (TPSA) is 78.4 Å². The van der Waals surface area contributed by atoms with Crippen molar-refractivity contribution >= 4 is 40.1 Å². The van der Waals surface area contributed by atoms with Crippen LogP contribution in [0.5, 0.6) is 0 Å². The molecule has 108 valence electrons. The standard InChI is InChI=1S/C15H13ClN2O3/c1-9(16)8-17-15(21)18-13-7-11-5-3-2-4-10(11)6-12(13)14(19)20/h2-7H,1,8H2,(H,19,20)(H2,17,18,21). The molecule has 0 aliphatic rings. The average Bonchev–Trinajstić information content (AvgIpc) is 2.44. The minimum atomic E-state index is -1.11. The molecule has 2 aromatic carbocycles. The molecule has 3 N–H and O–H groups in total. The highest BCUT2D eigenvalue weighted by molar-refractivity contribution is 6.29. The lowest BCUT2D eigenvalue weighted by Crippen LogP contribution is -2.30. The number of fused-ring (bicyclic) bond motifs is 1. The molecule has 0 aliphatic carbocycles. The monoisotopic (exact) mass is 304 g/mol. The molecule has 2 amide bonds. The first-order chi connectivity index (χ1) is 9.97. The largest absolute Gasteiger partial charge is 0.478 e. The highest BCUT2D eigenvalue weighted by Gasteiger charge is 2.13. The number of carbonyl (C=O) groups is 2. The Kier molecular flexibility index (Phi) is 4.45. The van der Waals surface area contributed by atoms with Crippen molar-refractivity contribution in [2.45, 2.75) is 0 Å². The van der Waals surface area contributed by atoms with E-state index in [1.54, 1.807) is 6.07 Å². The number of amides is 2. The number of carboxylic acids is 1. The van der Waals surface area contributed by atoms with E-state index in [4.69, 9.17) is 11.6 Å². The van der Waals surface area contributed by atoms with Crippen LogP contribution in [0.4, 0.5) is 10.5 Å². The third-order valence-corrected chi connectivity index (χ3v) is 2.94. The van der Waals surface area contributed by atoms with Gasteiger partial charge in [0.05, 0.1) is 17.8 Å². The second-order valence-corrected chi connectivity index (χ2v) is 4.91. The van der Waals surface area contributed by atoms with Gasteiger partial charge in [-0.3, -0.25) is 0 Å². The quantitative estimate of drug-likeness (QED) is 0.810. The molecule has 0 fully saturated rings. The van der Waals surface area contributed by atoms with E-state index in [0.29, 0.717) is 0 Å². The number of nitrogens with one attached hydrogen (secondary N) is 2. The summed E-state index contributed by atoms with van der Waals surface area (Å²) >= 11 is 5.55. The third-order valence-electron chi connectivity index (χ3n) is 2.81. The Morgan fingerprint density at radius 1 is 1.19 bits per heavy atom. The number of rotatable bonds is 4. The van der Waals surface area contributed by atoms with Crippen molar-refractivity contribution in [1.82, 2.24) is 5.32 Å². The summed E-state index contributed by atoms with van der Waals surface area (Å²) in [6, 6.07) is 9.90. The number of hydrogen-bond acceptors (Lipinski definition) is 2. The summed E-state index contributed by atoms with van der Waals surface area (Å²) in [4.78, 5) is 23.0. The Morgan fingerprint density at radius 3 is 2.38 bits per heavy atom. The summed E-state index contributed by atoms with van der Waals surface area (Å²) in [5.74, 6) is -1.11. The molecule has 6 heteroatoms. The summed E-state index contributed by atoms with van der Waals surface area (Å²) in [6.45, 7) is 3.55. The number of urea groups is 1. The molecule has 2 aromatic rings. The number of carbonyl (C=O) groups excluding carboxylic acids is 1. The Hall–Kier alpha value is -2.53. The van der Waals surface area contributed by atoms with Crippen LogP contribution < -0.4 is 10.6 Å². The first-order valence-corrected chi connectivity index (χ1v) is 6.49. The number of benzene rings is 2. The Balaban J connectivity index is 2.32. The van der Waals surface area contributed by atoms with Crippen LogP contribution in [0.15, 0.2) is 48.0 Å². The molecular weight excluding hydrogens is 292 g/mol. The minimum absolute atomic E-state index is 0.0218. The third kappa shape index (κ3) is 3.73. The van der Waals surface area contributed by atoms with Crippen LogP contribution in [0, 0.1) is 0 Å². The van der Waals surface area contributed by atoms with Crippen molar-refractivity contribution < 1.29 is 14.7 Å². The second kappa shape index (κ2) is 6.28. The van der Waals surface area contributed by atoms with Crippen LogP contribution in [-0.4, -0.2) is 23.7 Å². The molecule has 0 aliphatic heterocycles. The predicted molar refractivity (Wildman–Crippen MR) is 82.9 cm³/mol. The fourth-order valence-electron chi connectivity index (χ4n) is 1.86. The van der Waals surface area contributed by atoms with Gasteiger partial charge >= 0.3 is 12.0 Å². The van der Waals surface area contributed by atoms with Crippen LogP contribution in [0.3, 0.4) is 0 Å². The normalized spacial score (nSPS) is 10.1. The van der Waals surface area contributed by atoms with Gasteiger partial charge in [0.1, 0.15) is 0 Å². The van der Waals surface area contributed by atoms with Crippen molar-refractivity contribution in [2.24, 2.45) is 0 Å². The summed E-state index contributed by atoms with van der Waals surface area (Å²) in [6.07, 6.45) is 0. The molecule has 2 rings (SSSR count). The Labute approximate surface area is 126 Å². The highest BCUT2D eigenvalue weighted by atomic mass is 35.5. The van der Waals surface area contributed by atoms with Crippen LogP contribution in [0.25, 0.3) is 10.8 Å². The molecule has 0 saturated carbocycles. The minimum Gasteiger partial charge on any atom is -0.478 e. The van der Waals surface area contributed by atoms with Crippen molar-refractivity contribution in [3.63, 3.8) is 0 Å². The second-order valence-electron chi connectivity index (χ2n) is 4.38. The smallest absolute Gasteiger partial charge is 0.337 e. The Bertz CT molecular complexity index is 728. The number of halogens is 1. The van der Waals surface area contributed by atoms with Gasteiger partial charge in [-0.1, -0.05) is 42.4 Å². The fraction of sp³-hybridized carbons (Fsp3) is 0.0667. The Morgan fingerprint density at radius 2 is 1.81 bits per heavy atom. The molecule has 0 heterocycles. The summed E-state index contributed by atoms with van der Waals surface area (Å²) in [5.41, 5.74) is 0.243. The van der Waals surface area contributed by atoms with E-state index >= 15 is 0 Å². The first-order valence-electron chi connectivity index (χ1n) is 6.11. The lowest BCUT2D eigenvalue weighted by atomic mass is 10.0. The molecule has 21 heavy (non-hydrogen) atoms. The molecule has 0 spiro atoms. The van der Waals surface area contributed by atoms with E-state index in [9.17, 15) is 14.7 Å². The highest BCUT2D eigenvalue weighted by Crippen LogP contribution is 2.24. The predicted octanol–water partition coefficient (Wildman–Crippen LogP) is 3.41. The summed E-state index contributed by atoms with van der Waals surface area (Å²) in [5, 5.41) is 16.1. The number of aromatic carboxylic acids is 1. The zero-order valence-electron chi connectivity index (χ0n) is 11.0. The van der Waals surface area contributed by atoms with Crippen LogP contribution >= 0.6 is 11.6 Å². The SMILES string of the molecule is C=C(Cl)CNC(=O)Nc1cc2ccccc2cc1C(=O)O. The van der Waals surface area contributed by atoms with E-state index in [2.05, 4.69) is 17.2 Å². The molecule has 0 atom stereocenters. The lowest BCUT2D eigenvalue weighted by Gasteiger charge is -2.11. The van der Waals surface area contributed by atoms with E-state index < -0.39 is 12.0 Å². The maximum Gasteiger partial charge on any atom is 0.337 e. The van der Waals surface area contributed by atoms with Gasteiger partial charge in [-0.2, -0.15) is 0 Å². The average molecular weight is 305 g/mol. The number of hydrogen-bond donors (Lipinski definition) is 3. The maximum absolute atomic E-state index is 11.7. The maximum atomic E-state index is 11.7. The molecule has 0 radical (unpaired) electrons. The van der Waals surface area contributed by atoms with Crippen molar-refractivity contribution in [3.8, 4) is 0 Å². The van der Waals surface area contributed by atoms with Gasteiger partial charge in [-0.15, -0.1) is 0 Å². The van der Waals surface area contributed by atoms with E-state index in [0.717, 1.165) is 10.8 Å². The molecule has 0 aromatic heterocycles. The van der Waals surface area contributed by atoms with Crippen LogP contribution in [0.1, 0.15) is 10.4 Å². The van der Waals surface area contributed by atoms with Gasteiger partial charge in [-0.25, -0.2) is 9.59 Å². The van der Waals surface area contributed by atoms with Crippen molar-refractivity contribution in [2.75, 3.05) is 11.9 Å². The number of carboxylic acid groups (broad SMARTS) is 1. The van der Waals surface area contributed by atoms with Crippen molar-refractivity contribution in [3.05, 3.63) is 53.6 Å². The molecule has 0 saturated heterocycles. The van der Waals surface area contributed by atoms with Crippen molar-refractivity contribution in [1.29, 1.82) is 0 Å². The number of anilines is 1. The van der Waals surface area contributed by atoms with E-state index in [1.165, 1.54) is 6.07 Å². The summed E-state index contributed by atoms with van der Waals surface area (Å²) < 4.78 is 0. The molecule has 0 unspecified atom stereocenters. The van der Waals surface area contributed by atoms with Gasteiger partial charge in [0.15, 0.2) is 0 Å². The van der Waals surface area contributed by atoms with Gasteiger partial charge < -0.3 is 15.7 Å². The lowest BCUT2D eigenvalue weighted by molar-refractivity contribution is 0.0698. The molecule has 5 nitrogen and oxygen atoms in total. The van der Waals surface area contributed by atoms with Gasteiger partial charge in [-0.05, 0) is 22.9 Å².